The molecule has 10 aromatic rings. The number of rotatable bonds is 9. The van der Waals surface area contributed by atoms with Gasteiger partial charge in [0.2, 0.25) is 0 Å². The first kappa shape index (κ1) is 42.0. The van der Waals surface area contributed by atoms with E-state index in [2.05, 4.69) is 163 Å². The van der Waals surface area contributed by atoms with Crippen molar-refractivity contribution in [2.75, 3.05) is 9.80 Å². The Labute approximate surface area is 420 Å². The molecule has 4 aliphatic rings. The Morgan fingerprint density at radius 2 is 0.903 bits per heavy atom. The summed E-state index contributed by atoms with van der Waals surface area (Å²) in [5.41, 5.74) is 18.4. The minimum Gasteiger partial charge on any atom is -0.458 e. The predicted octanol–water partition coefficient (Wildman–Crippen LogP) is 12.9. The van der Waals surface area contributed by atoms with E-state index >= 15 is 0 Å². The number of benzene rings is 10. The predicted molar refractivity (Wildman–Crippen MR) is 295 cm³/mol. The van der Waals surface area contributed by atoms with Crippen molar-refractivity contribution in [3.05, 3.63) is 230 Å². The van der Waals surface area contributed by atoms with Crippen molar-refractivity contribution in [2.24, 2.45) is 0 Å². The van der Waals surface area contributed by atoms with Gasteiger partial charge in [0.15, 0.2) is 0 Å². The van der Waals surface area contributed by atoms with Gasteiger partial charge in [0.25, 0.3) is 13.4 Å². The molecule has 342 valence electrons. The third kappa shape index (κ3) is 6.74. The summed E-state index contributed by atoms with van der Waals surface area (Å²) in [6.45, 7) is 4.20. The Balaban J connectivity index is 1.01. The van der Waals surface area contributed by atoms with Crippen molar-refractivity contribution < 1.29 is 18.9 Å². The van der Waals surface area contributed by atoms with Crippen LogP contribution in [0.5, 0.6) is 46.0 Å². The van der Waals surface area contributed by atoms with Crippen molar-refractivity contribution in [1.82, 2.24) is 0 Å². The minimum atomic E-state index is -0.161. The van der Waals surface area contributed by atoms with Gasteiger partial charge in [-0.2, -0.15) is 0 Å². The maximum Gasteiger partial charge on any atom is 0.260 e. The van der Waals surface area contributed by atoms with Crippen LogP contribution in [0.2, 0.25) is 0 Å². The van der Waals surface area contributed by atoms with E-state index in [0.29, 0.717) is 11.5 Å². The average Bonchev–Trinajstić information content (AvgIpc) is 3.43. The van der Waals surface area contributed by atoms with E-state index in [0.717, 1.165) is 97.9 Å². The normalized spacial score (nSPS) is 13.1. The fourth-order valence-corrected chi connectivity index (χ4v) is 11.7. The molecule has 0 fully saturated rings. The van der Waals surface area contributed by atoms with Crippen LogP contribution in [0, 0.1) is 0 Å². The van der Waals surface area contributed by atoms with Crippen molar-refractivity contribution >= 4 is 80.3 Å². The maximum absolute atomic E-state index is 7.17. The topological polar surface area (TPSA) is 43.4 Å². The molecule has 0 saturated carbocycles. The molecule has 0 aliphatic carbocycles. The van der Waals surface area contributed by atoms with Gasteiger partial charge < -0.3 is 28.7 Å². The van der Waals surface area contributed by atoms with Crippen molar-refractivity contribution in [3.8, 4) is 57.1 Å². The van der Waals surface area contributed by atoms with Crippen molar-refractivity contribution in [3.63, 3.8) is 0 Å². The summed E-state index contributed by atoms with van der Waals surface area (Å²) in [6, 6.07) is 77.1. The van der Waals surface area contributed by atoms with Gasteiger partial charge in [-0.05, 0) is 123 Å². The van der Waals surface area contributed by atoms with Crippen molar-refractivity contribution in [2.45, 2.75) is 26.7 Å². The molecule has 8 heteroatoms. The van der Waals surface area contributed by atoms with Crippen LogP contribution < -0.4 is 61.5 Å². The number of hydrogen-bond acceptors (Lipinski definition) is 6. The lowest BCUT2D eigenvalue weighted by molar-refractivity contribution is 0.443. The fraction of sp³-hybridized carbons (Fsp3) is 0.0625. The molecular weight excluding hydrogens is 882 g/mol. The van der Waals surface area contributed by atoms with Gasteiger partial charge in [-0.3, -0.25) is 0 Å². The third-order valence-corrected chi connectivity index (χ3v) is 14.8. The highest BCUT2D eigenvalue weighted by Gasteiger charge is 2.47. The number of ether oxygens (including phenoxy) is 4. The number of para-hydroxylation sites is 5. The first-order valence-corrected chi connectivity index (χ1v) is 25.0. The van der Waals surface area contributed by atoms with E-state index in [1.807, 2.05) is 78.9 Å². The summed E-state index contributed by atoms with van der Waals surface area (Å²) in [7, 11) is 0. The molecule has 0 saturated heterocycles. The van der Waals surface area contributed by atoms with E-state index in [4.69, 9.17) is 18.9 Å². The number of anilines is 6. The quantitative estimate of drug-likeness (QED) is 0.134. The summed E-state index contributed by atoms with van der Waals surface area (Å²) in [5.74, 6) is 5.94. The van der Waals surface area contributed by atoms with Crippen LogP contribution in [0.1, 0.15) is 25.0 Å². The minimum absolute atomic E-state index is 0.146. The van der Waals surface area contributed by atoms with Crippen LogP contribution >= 0.6 is 0 Å². The molecule has 4 aliphatic heterocycles. The summed E-state index contributed by atoms with van der Waals surface area (Å²) in [4.78, 5) is 4.88. The smallest absolute Gasteiger partial charge is 0.260 e. The molecule has 14 rings (SSSR count). The maximum atomic E-state index is 7.17. The fourth-order valence-electron chi connectivity index (χ4n) is 11.7. The SMILES string of the molecule is CCc1ccccc1-c1ccc(N2c3ccccc3B3c4cc5c(cc4N(c4ccccc4)c4cc(Oc6ccccc6)cc2c43)Oc2cc(Oc3ccccc3)cc3c2B5c2ccccc2O3)cc1CC. The largest absolute Gasteiger partial charge is 0.458 e. The summed E-state index contributed by atoms with van der Waals surface area (Å²) in [5, 5.41) is 0. The molecule has 0 spiro atoms. The van der Waals surface area contributed by atoms with Crippen LogP contribution in [0.3, 0.4) is 0 Å². The van der Waals surface area contributed by atoms with Gasteiger partial charge in [0.1, 0.15) is 46.0 Å². The van der Waals surface area contributed by atoms with E-state index in [-0.39, 0.29) is 13.4 Å². The first-order valence-electron chi connectivity index (χ1n) is 25.0. The van der Waals surface area contributed by atoms with Gasteiger partial charge >= 0.3 is 0 Å². The Morgan fingerprint density at radius 3 is 1.61 bits per heavy atom. The number of nitrogens with zero attached hydrogens (tertiary/aromatic N) is 2. The number of hydrogen-bond donors (Lipinski definition) is 0. The van der Waals surface area contributed by atoms with E-state index in [1.165, 1.54) is 38.6 Å². The summed E-state index contributed by atoms with van der Waals surface area (Å²) in [6.07, 6.45) is 1.86. The van der Waals surface area contributed by atoms with Gasteiger partial charge in [-0.25, -0.2) is 0 Å². The lowest BCUT2D eigenvalue weighted by Gasteiger charge is -2.45. The standard InChI is InChI=1S/C64H46B2N2O4/c1-3-41-20-14-15-27-49(41)50-33-32-44(34-42(50)4-2)68-55-30-18-16-28-51(55)65-53-39-54-60(72-62-38-48(70-46-25-12-7-13-26-46)37-61-64(62)66(54)52-29-17-19-31-59(52)71-61)40-56(53)67(43-21-8-5-9-22-43)57-35-47(36-58(68)63(57)65)69-45-23-10-6-11-24-45/h5-40H,3-4H2,1-2H3. The molecule has 0 N–H and O–H groups in total. The van der Waals surface area contributed by atoms with Gasteiger partial charge in [-0.15, -0.1) is 0 Å². The molecule has 0 bridgehead atoms. The monoisotopic (exact) mass is 928 g/mol. The second-order valence-corrected chi connectivity index (χ2v) is 18.9. The van der Waals surface area contributed by atoms with E-state index in [1.54, 1.807) is 0 Å². The highest BCUT2D eigenvalue weighted by Crippen LogP contribution is 2.49. The third-order valence-electron chi connectivity index (χ3n) is 14.8. The zero-order valence-electron chi connectivity index (χ0n) is 39.9. The lowest BCUT2D eigenvalue weighted by atomic mass is 9.31. The molecule has 4 heterocycles. The Hall–Kier alpha value is -8.87. The van der Waals surface area contributed by atoms with Gasteiger partial charge in [0, 0.05) is 69.9 Å². The van der Waals surface area contributed by atoms with E-state index in [9.17, 15) is 0 Å². The molecule has 0 aromatic heterocycles. The summed E-state index contributed by atoms with van der Waals surface area (Å²) < 4.78 is 27.3. The molecule has 10 aromatic carbocycles. The Kier molecular flexibility index (Phi) is 9.88. The summed E-state index contributed by atoms with van der Waals surface area (Å²) >= 11 is 0. The first-order chi connectivity index (χ1) is 35.6. The van der Waals surface area contributed by atoms with Crippen LogP contribution in [0.25, 0.3) is 11.1 Å². The molecule has 0 amide bonds. The molecule has 0 radical (unpaired) electrons. The average molecular weight is 929 g/mol. The number of aryl methyl sites for hydroxylation is 2. The molecular formula is C64H46B2N2O4. The molecule has 0 unspecified atom stereocenters. The van der Waals surface area contributed by atoms with Crippen LogP contribution in [-0.2, 0) is 12.8 Å². The van der Waals surface area contributed by atoms with Crippen LogP contribution in [0.15, 0.2) is 218 Å². The second kappa shape index (κ2) is 16.9. The second-order valence-electron chi connectivity index (χ2n) is 18.9. The van der Waals surface area contributed by atoms with Crippen LogP contribution in [-0.4, -0.2) is 13.4 Å². The molecule has 0 atom stereocenters. The zero-order valence-corrected chi connectivity index (χ0v) is 39.9. The van der Waals surface area contributed by atoms with Gasteiger partial charge in [-0.1, -0.05) is 141 Å². The van der Waals surface area contributed by atoms with Crippen molar-refractivity contribution in [1.29, 1.82) is 0 Å². The Morgan fingerprint density at radius 1 is 0.347 bits per heavy atom. The highest BCUT2D eigenvalue weighted by molar-refractivity contribution is 7.02. The number of fused-ring (bicyclic) bond motifs is 8. The Bertz CT molecular complexity index is 3770. The highest BCUT2D eigenvalue weighted by atomic mass is 16.5. The van der Waals surface area contributed by atoms with Gasteiger partial charge in [0.05, 0.1) is 0 Å². The molecule has 72 heavy (non-hydrogen) atoms. The zero-order chi connectivity index (χ0) is 47.9. The molecule has 6 nitrogen and oxygen atoms in total. The van der Waals surface area contributed by atoms with E-state index < -0.39 is 0 Å². The van der Waals surface area contributed by atoms with Crippen LogP contribution in [0.4, 0.5) is 34.1 Å². The lowest BCUT2D eigenvalue weighted by Crippen LogP contribution is -2.63.